The van der Waals surface area contributed by atoms with Crippen molar-refractivity contribution in [2.75, 3.05) is 13.2 Å². The lowest BCUT2D eigenvalue weighted by Crippen LogP contribution is -2.50. The minimum Gasteiger partial charge on any atom is -0.394 e. The first kappa shape index (κ1) is 25.1. The van der Waals surface area contributed by atoms with Crippen LogP contribution < -0.4 is 0 Å². The first-order valence-corrected chi connectivity index (χ1v) is 11.1. The van der Waals surface area contributed by atoms with Crippen LogP contribution in [0.1, 0.15) is 16.7 Å². The van der Waals surface area contributed by atoms with Gasteiger partial charge < -0.3 is 29.5 Å². The van der Waals surface area contributed by atoms with Gasteiger partial charge in [-0.05, 0) is 16.7 Å². The first-order chi connectivity index (χ1) is 16.2. The second kappa shape index (κ2) is 13.9. The highest BCUT2D eigenvalue weighted by Gasteiger charge is 2.35. The van der Waals surface area contributed by atoms with E-state index < -0.39 is 31.0 Å². The minimum absolute atomic E-state index is 0.0162. The Morgan fingerprint density at radius 1 is 0.545 bits per heavy atom. The SMILES string of the molecule is OC[C@H](O)[C@@H](OCc1ccccc1)[C@@H](OCc1ccccc1)[C@H](O)COCc1ccccc1. The molecule has 0 heterocycles. The highest BCUT2D eigenvalue weighted by molar-refractivity contribution is 5.15. The number of hydrogen-bond acceptors (Lipinski definition) is 6. The topological polar surface area (TPSA) is 88.4 Å². The Bertz CT molecular complexity index is 890. The summed E-state index contributed by atoms with van der Waals surface area (Å²) in [5.74, 6) is 0. The Balaban J connectivity index is 1.69. The molecule has 3 aromatic rings. The van der Waals surface area contributed by atoms with Crippen LogP contribution in [-0.2, 0) is 34.0 Å². The van der Waals surface area contributed by atoms with Crippen molar-refractivity contribution in [3.05, 3.63) is 108 Å². The molecule has 0 aliphatic heterocycles. The number of hydrogen-bond donors (Lipinski definition) is 3. The molecule has 0 amide bonds. The van der Waals surface area contributed by atoms with E-state index in [-0.39, 0.29) is 19.8 Å². The zero-order valence-electron chi connectivity index (χ0n) is 18.6. The molecule has 0 aliphatic carbocycles. The minimum atomic E-state index is -1.24. The zero-order chi connectivity index (χ0) is 23.3. The van der Waals surface area contributed by atoms with E-state index in [1.807, 2.05) is 91.0 Å². The van der Waals surface area contributed by atoms with Gasteiger partial charge in [0.25, 0.3) is 0 Å². The van der Waals surface area contributed by atoms with Crippen LogP contribution in [0.4, 0.5) is 0 Å². The first-order valence-electron chi connectivity index (χ1n) is 11.1. The van der Waals surface area contributed by atoms with Gasteiger partial charge in [-0.25, -0.2) is 0 Å². The number of benzene rings is 3. The molecule has 3 rings (SSSR count). The summed E-state index contributed by atoms with van der Waals surface area (Å²) < 4.78 is 17.7. The predicted molar refractivity (Wildman–Crippen MR) is 125 cm³/mol. The summed E-state index contributed by atoms with van der Waals surface area (Å²) in [5, 5.41) is 31.1. The quantitative estimate of drug-likeness (QED) is 0.348. The van der Waals surface area contributed by atoms with E-state index in [4.69, 9.17) is 14.2 Å². The predicted octanol–water partition coefficient (Wildman–Crippen LogP) is 3.09. The van der Waals surface area contributed by atoms with Crippen LogP contribution in [0, 0.1) is 0 Å². The summed E-state index contributed by atoms with van der Waals surface area (Å²) in [6.07, 6.45) is -4.21. The molecule has 3 N–H and O–H groups in total. The third-order valence-corrected chi connectivity index (χ3v) is 5.24. The summed E-state index contributed by atoms with van der Waals surface area (Å²) in [6.45, 7) is 0.206. The normalized spacial score (nSPS) is 15.0. The molecular formula is C27H32O6. The van der Waals surface area contributed by atoms with Gasteiger partial charge in [0.05, 0.1) is 33.0 Å². The fourth-order valence-corrected chi connectivity index (χ4v) is 3.45. The highest BCUT2D eigenvalue weighted by Crippen LogP contribution is 2.19. The van der Waals surface area contributed by atoms with Gasteiger partial charge >= 0.3 is 0 Å². The number of rotatable bonds is 14. The van der Waals surface area contributed by atoms with Crippen LogP contribution in [0.2, 0.25) is 0 Å². The van der Waals surface area contributed by atoms with E-state index >= 15 is 0 Å². The Kier molecular flexibility index (Phi) is 10.5. The van der Waals surface area contributed by atoms with Gasteiger partial charge in [0.1, 0.15) is 24.4 Å². The zero-order valence-corrected chi connectivity index (χ0v) is 18.6. The Morgan fingerprint density at radius 2 is 0.939 bits per heavy atom. The molecule has 0 fully saturated rings. The molecule has 0 aliphatic rings. The summed E-state index contributed by atoms with van der Waals surface area (Å²) in [7, 11) is 0. The molecule has 0 radical (unpaired) electrons. The van der Waals surface area contributed by atoms with Crippen molar-refractivity contribution >= 4 is 0 Å². The molecule has 33 heavy (non-hydrogen) atoms. The fourth-order valence-electron chi connectivity index (χ4n) is 3.45. The lowest BCUT2D eigenvalue weighted by molar-refractivity contribution is -0.181. The fraction of sp³-hybridized carbons (Fsp3) is 0.333. The second-order valence-electron chi connectivity index (χ2n) is 7.84. The molecule has 6 heteroatoms. The van der Waals surface area contributed by atoms with Gasteiger partial charge in [-0.1, -0.05) is 91.0 Å². The summed E-state index contributed by atoms with van der Waals surface area (Å²) in [4.78, 5) is 0. The smallest absolute Gasteiger partial charge is 0.115 e. The van der Waals surface area contributed by atoms with E-state index in [1.54, 1.807) is 0 Å². The summed E-state index contributed by atoms with van der Waals surface area (Å²) >= 11 is 0. The maximum atomic E-state index is 11.0. The molecule has 0 aromatic heterocycles. The van der Waals surface area contributed by atoms with Crippen LogP contribution in [-0.4, -0.2) is 52.9 Å². The number of aliphatic hydroxyl groups excluding tert-OH is 3. The van der Waals surface area contributed by atoms with Crippen molar-refractivity contribution in [1.82, 2.24) is 0 Å². The van der Waals surface area contributed by atoms with Crippen molar-refractivity contribution in [1.29, 1.82) is 0 Å². The number of ether oxygens (including phenoxy) is 3. The molecule has 6 nitrogen and oxygen atoms in total. The van der Waals surface area contributed by atoms with Gasteiger partial charge in [0.2, 0.25) is 0 Å². The van der Waals surface area contributed by atoms with Crippen molar-refractivity contribution in [3.63, 3.8) is 0 Å². The standard InChI is InChI=1S/C27H32O6/c28-16-24(29)26(32-18-22-12-6-2-7-13-22)27(33-19-23-14-8-3-9-15-23)25(30)20-31-17-21-10-4-1-5-11-21/h1-15,24-30H,16-20H2/t24-,25+,26+,27-/m0/s1. The average molecular weight is 453 g/mol. The molecule has 0 saturated heterocycles. The monoisotopic (exact) mass is 452 g/mol. The largest absolute Gasteiger partial charge is 0.394 e. The van der Waals surface area contributed by atoms with Gasteiger partial charge in [0.15, 0.2) is 0 Å². The van der Waals surface area contributed by atoms with Crippen molar-refractivity contribution in [2.24, 2.45) is 0 Å². The van der Waals surface area contributed by atoms with E-state index in [0.29, 0.717) is 6.61 Å². The van der Waals surface area contributed by atoms with Gasteiger partial charge in [-0.3, -0.25) is 0 Å². The van der Waals surface area contributed by atoms with E-state index in [0.717, 1.165) is 16.7 Å². The second-order valence-corrected chi connectivity index (χ2v) is 7.84. The molecule has 0 unspecified atom stereocenters. The van der Waals surface area contributed by atoms with Crippen molar-refractivity contribution in [2.45, 2.75) is 44.2 Å². The van der Waals surface area contributed by atoms with E-state index in [2.05, 4.69) is 0 Å². The van der Waals surface area contributed by atoms with Gasteiger partial charge in [0, 0.05) is 0 Å². The summed E-state index contributed by atoms with van der Waals surface area (Å²) in [5.41, 5.74) is 2.81. The van der Waals surface area contributed by atoms with E-state index in [9.17, 15) is 15.3 Å². The molecular weight excluding hydrogens is 420 g/mol. The van der Waals surface area contributed by atoms with Crippen LogP contribution in [0.15, 0.2) is 91.0 Å². The van der Waals surface area contributed by atoms with Crippen LogP contribution in [0.5, 0.6) is 0 Å². The lowest BCUT2D eigenvalue weighted by atomic mass is 10.0. The third-order valence-electron chi connectivity index (χ3n) is 5.24. The maximum absolute atomic E-state index is 11.0. The molecule has 176 valence electrons. The Labute approximate surface area is 195 Å². The van der Waals surface area contributed by atoms with Crippen LogP contribution >= 0.6 is 0 Å². The maximum Gasteiger partial charge on any atom is 0.115 e. The number of aliphatic hydroxyl groups is 3. The van der Waals surface area contributed by atoms with Crippen molar-refractivity contribution < 1.29 is 29.5 Å². The lowest BCUT2D eigenvalue weighted by Gasteiger charge is -2.33. The molecule has 0 bridgehead atoms. The Morgan fingerprint density at radius 3 is 1.36 bits per heavy atom. The molecule has 4 atom stereocenters. The van der Waals surface area contributed by atoms with Crippen molar-refractivity contribution in [3.8, 4) is 0 Å². The Hall–Kier alpha value is -2.58. The van der Waals surface area contributed by atoms with E-state index in [1.165, 1.54) is 0 Å². The molecule has 0 saturated carbocycles. The average Bonchev–Trinajstić information content (AvgIpc) is 2.87. The molecule has 0 spiro atoms. The highest BCUT2D eigenvalue weighted by atomic mass is 16.6. The van der Waals surface area contributed by atoms with Gasteiger partial charge in [-0.2, -0.15) is 0 Å². The van der Waals surface area contributed by atoms with Crippen LogP contribution in [0.25, 0.3) is 0 Å². The van der Waals surface area contributed by atoms with Crippen LogP contribution in [0.3, 0.4) is 0 Å². The summed E-state index contributed by atoms with van der Waals surface area (Å²) in [6, 6.07) is 28.7. The van der Waals surface area contributed by atoms with Gasteiger partial charge in [-0.15, -0.1) is 0 Å². The molecule has 3 aromatic carbocycles. The third kappa shape index (κ3) is 8.37.